The SMILES string of the molecule is Cc1nc(Sc2nnccc2C#N)sc1C(=O)O. The van der Waals surface area contributed by atoms with E-state index in [1.807, 2.05) is 6.07 Å². The van der Waals surface area contributed by atoms with E-state index in [-0.39, 0.29) is 4.88 Å². The highest BCUT2D eigenvalue weighted by Crippen LogP contribution is 2.32. The first-order chi connectivity index (χ1) is 8.61. The number of hydrogen-bond acceptors (Lipinski definition) is 7. The molecular weight excluding hydrogens is 272 g/mol. The minimum Gasteiger partial charge on any atom is -0.477 e. The summed E-state index contributed by atoms with van der Waals surface area (Å²) in [5, 5.41) is 25.8. The monoisotopic (exact) mass is 278 g/mol. The van der Waals surface area contributed by atoms with Crippen molar-refractivity contribution in [2.75, 3.05) is 0 Å². The molecule has 0 saturated carbocycles. The van der Waals surface area contributed by atoms with Gasteiger partial charge in [-0.05, 0) is 24.8 Å². The summed E-state index contributed by atoms with van der Waals surface area (Å²) >= 11 is 2.20. The molecular formula is C10H6N4O2S2. The van der Waals surface area contributed by atoms with Gasteiger partial charge < -0.3 is 5.11 Å². The molecule has 0 aliphatic rings. The number of aromatic nitrogens is 3. The Balaban J connectivity index is 2.32. The Hall–Kier alpha value is -1.98. The molecule has 2 aromatic heterocycles. The van der Waals surface area contributed by atoms with Crippen LogP contribution in [-0.4, -0.2) is 26.3 Å². The van der Waals surface area contributed by atoms with Crippen molar-refractivity contribution >= 4 is 29.1 Å². The second kappa shape index (κ2) is 5.12. The van der Waals surface area contributed by atoms with Crippen LogP contribution < -0.4 is 0 Å². The number of nitriles is 1. The fourth-order valence-electron chi connectivity index (χ4n) is 1.18. The Bertz CT molecular complexity index is 648. The zero-order chi connectivity index (χ0) is 13.1. The molecule has 6 nitrogen and oxygen atoms in total. The molecule has 0 fully saturated rings. The quantitative estimate of drug-likeness (QED) is 0.915. The van der Waals surface area contributed by atoms with Gasteiger partial charge in [0, 0.05) is 0 Å². The molecule has 0 unspecified atom stereocenters. The van der Waals surface area contributed by atoms with Gasteiger partial charge in [-0.3, -0.25) is 0 Å². The molecule has 0 spiro atoms. The fraction of sp³-hybridized carbons (Fsp3) is 0.100. The summed E-state index contributed by atoms with van der Waals surface area (Å²) in [5.41, 5.74) is 0.845. The average Bonchev–Trinajstić information content (AvgIpc) is 2.71. The van der Waals surface area contributed by atoms with E-state index in [4.69, 9.17) is 10.4 Å². The van der Waals surface area contributed by atoms with E-state index in [0.717, 1.165) is 23.1 Å². The molecule has 18 heavy (non-hydrogen) atoms. The minimum absolute atomic E-state index is 0.194. The van der Waals surface area contributed by atoms with Crippen molar-refractivity contribution in [3.8, 4) is 6.07 Å². The Morgan fingerprint density at radius 1 is 1.61 bits per heavy atom. The van der Waals surface area contributed by atoms with Crippen LogP contribution in [0, 0.1) is 18.3 Å². The van der Waals surface area contributed by atoms with Gasteiger partial charge in [0.25, 0.3) is 0 Å². The lowest BCUT2D eigenvalue weighted by atomic mass is 10.3. The maximum Gasteiger partial charge on any atom is 0.347 e. The van der Waals surface area contributed by atoms with Crippen molar-refractivity contribution in [1.29, 1.82) is 5.26 Å². The van der Waals surface area contributed by atoms with Crippen LogP contribution in [0.5, 0.6) is 0 Å². The largest absolute Gasteiger partial charge is 0.477 e. The van der Waals surface area contributed by atoms with Crippen LogP contribution in [0.2, 0.25) is 0 Å². The van der Waals surface area contributed by atoms with Gasteiger partial charge in [-0.2, -0.15) is 10.4 Å². The molecule has 0 aliphatic heterocycles. The molecule has 0 aromatic carbocycles. The van der Waals surface area contributed by atoms with E-state index in [0.29, 0.717) is 20.6 Å². The number of aryl methyl sites for hydroxylation is 1. The first-order valence-electron chi connectivity index (χ1n) is 4.72. The topological polar surface area (TPSA) is 99.8 Å². The van der Waals surface area contributed by atoms with Crippen molar-refractivity contribution in [3.05, 3.63) is 28.4 Å². The summed E-state index contributed by atoms with van der Waals surface area (Å²) in [6.45, 7) is 1.63. The third-order valence-corrected chi connectivity index (χ3v) is 4.16. The average molecular weight is 278 g/mol. The molecule has 0 atom stereocenters. The van der Waals surface area contributed by atoms with E-state index in [2.05, 4.69) is 15.2 Å². The smallest absolute Gasteiger partial charge is 0.347 e. The Morgan fingerprint density at radius 2 is 2.39 bits per heavy atom. The van der Waals surface area contributed by atoms with Gasteiger partial charge in [-0.1, -0.05) is 11.3 Å². The van der Waals surface area contributed by atoms with Crippen LogP contribution in [0.1, 0.15) is 20.9 Å². The first kappa shape index (κ1) is 12.5. The predicted molar refractivity (Wildman–Crippen MR) is 64.7 cm³/mol. The second-order valence-corrected chi connectivity index (χ2v) is 5.40. The number of carbonyl (C=O) groups is 1. The molecule has 8 heteroatoms. The van der Waals surface area contributed by atoms with E-state index in [9.17, 15) is 4.79 Å². The van der Waals surface area contributed by atoms with Crippen LogP contribution in [0.25, 0.3) is 0 Å². The third-order valence-electron chi connectivity index (χ3n) is 1.96. The highest BCUT2D eigenvalue weighted by Gasteiger charge is 2.16. The third kappa shape index (κ3) is 2.47. The van der Waals surface area contributed by atoms with Crippen molar-refractivity contribution in [2.24, 2.45) is 0 Å². The standard InChI is InChI=1S/C10H6N4O2S2/c1-5-7(9(15)16)17-10(13-5)18-8-6(4-11)2-3-12-14-8/h2-3H,1H3,(H,15,16). The molecule has 2 aromatic rings. The van der Waals surface area contributed by atoms with Crippen molar-refractivity contribution in [1.82, 2.24) is 15.2 Å². The number of thiazole rings is 1. The van der Waals surface area contributed by atoms with Gasteiger partial charge in [0.2, 0.25) is 0 Å². The molecule has 0 saturated heterocycles. The summed E-state index contributed by atoms with van der Waals surface area (Å²) in [5.74, 6) is -1.00. The fourth-order valence-corrected chi connectivity index (χ4v) is 3.13. The number of nitrogens with zero attached hydrogens (tertiary/aromatic N) is 4. The molecule has 2 heterocycles. The van der Waals surface area contributed by atoms with Crippen LogP contribution in [-0.2, 0) is 0 Å². The van der Waals surface area contributed by atoms with Gasteiger partial charge in [0.1, 0.15) is 16.0 Å². The van der Waals surface area contributed by atoms with Crippen molar-refractivity contribution in [3.63, 3.8) is 0 Å². The number of aromatic carboxylic acids is 1. The summed E-state index contributed by atoms with van der Waals surface area (Å²) < 4.78 is 0.530. The van der Waals surface area contributed by atoms with Crippen LogP contribution in [0.15, 0.2) is 21.6 Å². The molecule has 0 bridgehead atoms. The zero-order valence-electron chi connectivity index (χ0n) is 9.12. The van der Waals surface area contributed by atoms with Gasteiger partial charge in [0.05, 0.1) is 17.5 Å². The molecule has 0 radical (unpaired) electrons. The zero-order valence-corrected chi connectivity index (χ0v) is 10.7. The molecule has 0 aliphatic carbocycles. The van der Waals surface area contributed by atoms with Crippen molar-refractivity contribution < 1.29 is 9.90 Å². The van der Waals surface area contributed by atoms with Crippen molar-refractivity contribution in [2.45, 2.75) is 16.3 Å². The Kier molecular flexibility index (Phi) is 3.55. The van der Waals surface area contributed by atoms with Gasteiger partial charge in [0.15, 0.2) is 4.34 Å². The summed E-state index contributed by atoms with van der Waals surface area (Å²) in [6.07, 6.45) is 1.43. The summed E-state index contributed by atoms with van der Waals surface area (Å²) in [7, 11) is 0. The maximum absolute atomic E-state index is 10.9. The lowest BCUT2D eigenvalue weighted by Gasteiger charge is -1.96. The molecule has 1 N–H and O–H groups in total. The number of carboxylic acid groups (broad SMARTS) is 1. The Labute approximate surface area is 110 Å². The van der Waals surface area contributed by atoms with Gasteiger partial charge in [-0.25, -0.2) is 9.78 Å². The molecule has 2 rings (SSSR count). The summed E-state index contributed by atoms with van der Waals surface area (Å²) in [6, 6.07) is 3.55. The van der Waals surface area contributed by atoms with Crippen LogP contribution >= 0.6 is 23.1 Å². The predicted octanol–water partition coefficient (Wildman–Crippen LogP) is 1.96. The highest BCUT2D eigenvalue weighted by molar-refractivity contribution is 8.01. The summed E-state index contributed by atoms with van der Waals surface area (Å²) in [4.78, 5) is 15.2. The van der Waals surface area contributed by atoms with E-state index in [1.165, 1.54) is 6.20 Å². The van der Waals surface area contributed by atoms with E-state index in [1.54, 1.807) is 13.0 Å². The van der Waals surface area contributed by atoms with Crippen LogP contribution in [0.3, 0.4) is 0 Å². The van der Waals surface area contributed by atoms with Gasteiger partial charge >= 0.3 is 5.97 Å². The number of rotatable bonds is 3. The minimum atomic E-state index is -1.00. The highest BCUT2D eigenvalue weighted by atomic mass is 32.2. The first-order valence-corrected chi connectivity index (χ1v) is 6.35. The molecule has 90 valence electrons. The second-order valence-electron chi connectivity index (χ2n) is 3.16. The van der Waals surface area contributed by atoms with E-state index >= 15 is 0 Å². The molecule has 0 amide bonds. The normalized spacial score (nSPS) is 10.0. The van der Waals surface area contributed by atoms with Gasteiger partial charge in [-0.15, -0.1) is 5.10 Å². The lowest BCUT2D eigenvalue weighted by molar-refractivity contribution is 0.0701. The number of hydrogen-bond donors (Lipinski definition) is 1. The lowest BCUT2D eigenvalue weighted by Crippen LogP contribution is -1.94. The number of carboxylic acids is 1. The maximum atomic E-state index is 10.9. The Morgan fingerprint density at radius 3 is 3.00 bits per heavy atom. The van der Waals surface area contributed by atoms with E-state index < -0.39 is 5.97 Å². The van der Waals surface area contributed by atoms with Crippen LogP contribution in [0.4, 0.5) is 0 Å².